The summed E-state index contributed by atoms with van der Waals surface area (Å²) in [4.78, 5) is 17.5. The molecule has 7 heteroatoms. The van der Waals surface area contributed by atoms with Crippen molar-refractivity contribution in [2.45, 2.75) is 78.4 Å². The molecule has 0 saturated carbocycles. The smallest absolute Gasteiger partial charge is 0.197 e. The highest BCUT2D eigenvalue weighted by atomic mass is 32.2. The maximum Gasteiger partial charge on any atom is 0.197 e. The standard InChI is InChI=1S/C35H30F3O2S2/c1-6-7-8-28-34(35(39)22-11-18(2)21(5)19(3)12-22)24-10-9-23(14-29(24)40-28)42-32-16-25(36)20(4)13-30(32)41-31-15-26(37)27(38)17-33(31)42/h9-17H,6-8H2,1-5H3/q+1. The van der Waals surface area contributed by atoms with Gasteiger partial charge < -0.3 is 4.42 Å². The Balaban J connectivity index is 1.54. The molecule has 42 heavy (non-hydrogen) atoms. The summed E-state index contributed by atoms with van der Waals surface area (Å²) in [7, 11) is -0.922. The van der Waals surface area contributed by atoms with Gasteiger partial charge in [0.25, 0.3) is 0 Å². The van der Waals surface area contributed by atoms with Crippen molar-refractivity contribution in [3.8, 4) is 0 Å². The number of ketones is 1. The van der Waals surface area contributed by atoms with E-state index in [0.717, 1.165) is 39.3 Å². The van der Waals surface area contributed by atoms with E-state index in [1.54, 1.807) is 13.0 Å². The molecule has 0 spiro atoms. The van der Waals surface area contributed by atoms with Crippen LogP contribution in [-0.4, -0.2) is 5.78 Å². The molecule has 1 atom stereocenters. The fraction of sp³-hybridized carbons (Fsp3) is 0.229. The molecule has 1 aliphatic rings. The van der Waals surface area contributed by atoms with Crippen LogP contribution >= 0.6 is 11.8 Å². The highest BCUT2D eigenvalue weighted by Gasteiger charge is 2.40. The third kappa shape index (κ3) is 4.86. The number of rotatable bonds is 6. The van der Waals surface area contributed by atoms with Gasteiger partial charge in [0.15, 0.2) is 32.1 Å². The van der Waals surface area contributed by atoms with E-state index < -0.39 is 22.5 Å². The maximum atomic E-state index is 14.9. The van der Waals surface area contributed by atoms with Crippen LogP contribution in [0.3, 0.4) is 0 Å². The second-order valence-corrected chi connectivity index (χ2v) is 13.9. The van der Waals surface area contributed by atoms with Gasteiger partial charge in [0.2, 0.25) is 0 Å². The van der Waals surface area contributed by atoms with Crippen LogP contribution in [0.5, 0.6) is 0 Å². The number of halogens is 3. The van der Waals surface area contributed by atoms with Crippen molar-refractivity contribution in [3.63, 3.8) is 0 Å². The molecule has 0 aliphatic carbocycles. The lowest BCUT2D eigenvalue weighted by Gasteiger charge is -2.20. The summed E-state index contributed by atoms with van der Waals surface area (Å²) < 4.78 is 50.1. The van der Waals surface area contributed by atoms with Gasteiger partial charge in [0.1, 0.15) is 28.1 Å². The van der Waals surface area contributed by atoms with Crippen molar-refractivity contribution in [2.75, 3.05) is 0 Å². The fourth-order valence-electron chi connectivity index (χ4n) is 5.44. The van der Waals surface area contributed by atoms with Gasteiger partial charge in [0.05, 0.1) is 15.4 Å². The number of hydrogen-bond donors (Lipinski definition) is 0. The number of benzene rings is 4. The first-order chi connectivity index (χ1) is 20.1. The van der Waals surface area contributed by atoms with E-state index in [4.69, 9.17) is 4.42 Å². The Morgan fingerprint density at radius 2 is 1.45 bits per heavy atom. The van der Waals surface area contributed by atoms with Crippen LogP contribution in [0.4, 0.5) is 13.2 Å². The Bertz CT molecular complexity index is 1830. The largest absolute Gasteiger partial charge is 0.460 e. The van der Waals surface area contributed by atoms with Crippen LogP contribution < -0.4 is 0 Å². The second kappa shape index (κ2) is 11.0. The minimum atomic E-state index is -0.944. The average molecular weight is 604 g/mol. The molecular formula is C35H30F3O2S2+. The molecule has 0 N–H and O–H groups in total. The normalized spacial score (nSPS) is 14.2. The molecule has 2 heterocycles. The van der Waals surface area contributed by atoms with Gasteiger partial charge >= 0.3 is 0 Å². The number of carbonyl (C=O) groups excluding carboxylic acids is 1. The van der Waals surface area contributed by atoms with Crippen molar-refractivity contribution in [2.24, 2.45) is 0 Å². The van der Waals surface area contributed by atoms with E-state index in [-0.39, 0.29) is 11.6 Å². The quantitative estimate of drug-likeness (QED) is 0.140. The minimum Gasteiger partial charge on any atom is -0.460 e. The summed E-state index contributed by atoms with van der Waals surface area (Å²) >= 11 is 1.32. The summed E-state index contributed by atoms with van der Waals surface area (Å²) in [6.07, 6.45) is 2.43. The SMILES string of the molecule is CCCCc1oc2cc([S+]3c4cc(F)c(C)cc4Sc4cc(F)c(F)cc43)ccc2c1C(=O)c1cc(C)c(C)c(C)c1. The molecule has 1 unspecified atom stereocenters. The van der Waals surface area contributed by atoms with E-state index in [0.29, 0.717) is 54.5 Å². The molecule has 0 amide bonds. The molecule has 0 saturated heterocycles. The molecule has 0 bridgehead atoms. The monoisotopic (exact) mass is 603 g/mol. The van der Waals surface area contributed by atoms with Crippen LogP contribution in [0, 0.1) is 45.1 Å². The summed E-state index contributed by atoms with van der Waals surface area (Å²) in [5, 5.41) is 0.710. The minimum absolute atomic E-state index is 0.0823. The van der Waals surface area contributed by atoms with Crippen LogP contribution in [0.15, 0.2) is 83.5 Å². The number of carbonyl (C=O) groups is 1. The molecule has 5 aromatic rings. The van der Waals surface area contributed by atoms with Crippen molar-refractivity contribution >= 4 is 39.4 Å². The first kappa shape index (κ1) is 28.7. The van der Waals surface area contributed by atoms with E-state index >= 15 is 0 Å². The number of furan rings is 1. The molecule has 2 nitrogen and oxygen atoms in total. The van der Waals surface area contributed by atoms with Gasteiger partial charge in [0, 0.05) is 35.6 Å². The molecule has 1 aliphatic heterocycles. The Labute approximate surface area is 250 Å². The molecule has 0 radical (unpaired) electrons. The zero-order valence-corrected chi connectivity index (χ0v) is 25.7. The van der Waals surface area contributed by atoms with Crippen LogP contribution in [0.2, 0.25) is 0 Å². The second-order valence-electron chi connectivity index (χ2n) is 10.9. The third-order valence-electron chi connectivity index (χ3n) is 8.02. The van der Waals surface area contributed by atoms with Gasteiger partial charge in [-0.1, -0.05) is 25.1 Å². The van der Waals surface area contributed by atoms with Gasteiger partial charge in [-0.2, -0.15) is 0 Å². The van der Waals surface area contributed by atoms with Crippen LogP contribution in [0.1, 0.15) is 63.7 Å². The Kier molecular flexibility index (Phi) is 7.52. The van der Waals surface area contributed by atoms with Crippen LogP contribution in [-0.2, 0) is 17.3 Å². The summed E-state index contributed by atoms with van der Waals surface area (Å²) in [6.45, 7) is 9.85. The van der Waals surface area contributed by atoms with Crippen LogP contribution in [0.25, 0.3) is 11.0 Å². The molecule has 6 rings (SSSR count). The fourth-order valence-corrected chi connectivity index (χ4v) is 9.29. The predicted molar refractivity (Wildman–Crippen MR) is 163 cm³/mol. The molecule has 4 aromatic carbocycles. The first-order valence-corrected chi connectivity index (χ1v) is 16.0. The highest BCUT2D eigenvalue weighted by Crippen LogP contribution is 2.50. The first-order valence-electron chi connectivity index (χ1n) is 14.0. The van der Waals surface area contributed by atoms with E-state index in [2.05, 4.69) is 13.8 Å². The molecule has 0 fully saturated rings. The van der Waals surface area contributed by atoms with Gasteiger partial charge in [-0.15, -0.1) is 0 Å². The van der Waals surface area contributed by atoms with Gasteiger partial charge in [-0.05, 0) is 92.8 Å². The molecule has 214 valence electrons. The van der Waals surface area contributed by atoms with E-state index in [1.807, 2.05) is 44.2 Å². The number of hydrogen-bond acceptors (Lipinski definition) is 3. The Morgan fingerprint density at radius 3 is 2.14 bits per heavy atom. The highest BCUT2D eigenvalue weighted by molar-refractivity contribution is 8.04. The predicted octanol–water partition coefficient (Wildman–Crippen LogP) is 10.2. The lowest BCUT2D eigenvalue weighted by atomic mass is 9.94. The van der Waals surface area contributed by atoms with Gasteiger partial charge in [-0.3, -0.25) is 4.79 Å². The number of aryl methyl sites for hydroxylation is 4. The summed E-state index contributed by atoms with van der Waals surface area (Å²) in [5.74, 6) is -1.65. The zero-order valence-electron chi connectivity index (χ0n) is 24.1. The summed E-state index contributed by atoms with van der Waals surface area (Å²) in [6, 6.07) is 15.2. The lowest BCUT2D eigenvalue weighted by Crippen LogP contribution is -2.13. The van der Waals surface area contributed by atoms with Crippen molar-refractivity contribution in [1.29, 1.82) is 0 Å². The maximum absolute atomic E-state index is 14.9. The van der Waals surface area contributed by atoms with Crippen molar-refractivity contribution in [3.05, 3.63) is 111 Å². The van der Waals surface area contributed by atoms with Gasteiger partial charge in [-0.25, -0.2) is 13.2 Å². The zero-order chi connectivity index (χ0) is 29.9. The molecular weight excluding hydrogens is 574 g/mol. The van der Waals surface area contributed by atoms with E-state index in [1.165, 1.54) is 30.0 Å². The topological polar surface area (TPSA) is 30.2 Å². The van der Waals surface area contributed by atoms with Crippen molar-refractivity contribution < 1.29 is 22.4 Å². The average Bonchev–Trinajstić information content (AvgIpc) is 3.32. The Morgan fingerprint density at radius 1 is 0.810 bits per heavy atom. The van der Waals surface area contributed by atoms with E-state index in [9.17, 15) is 18.0 Å². The molecule has 1 aromatic heterocycles. The lowest BCUT2D eigenvalue weighted by molar-refractivity contribution is 0.103. The Hall–Kier alpha value is -3.42. The number of unbranched alkanes of at least 4 members (excludes halogenated alkanes) is 1. The van der Waals surface area contributed by atoms with Crippen molar-refractivity contribution in [1.82, 2.24) is 0 Å². The number of fused-ring (bicyclic) bond motifs is 3. The summed E-state index contributed by atoms with van der Waals surface area (Å²) in [5.41, 5.74) is 5.50. The third-order valence-corrected chi connectivity index (χ3v) is 11.7.